The van der Waals surface area contributed by atoms with Crippen molar-refractivity contribution in [2.45, 2.75) is 107 Å². The number of halogens is 1. The normalized spacial score (nSPS) is 11.9. The zero-order valence-corrected chi connectivity index (χ0v) is 22.6. The molecule has 2 aromatic carbocycles. The first-order valence-electron chi connectivity index (χ1n) is 12.4. The van der Waals surface area contributed by atoms with E-state index in [1.165, 1.54) is 11.0 Å². The average Bonchev–Trinajstić information content (AvgIpc) is 3.07. The third-order valence-corrected chi connectivity index (χ3v) is 8.27. The molecule has 164 valence electrons. The Balaban J connectivity index is 2.81. The van der Waals surface area contributed by atoms with Crippen molar-refractivity contribution in [1.29, 1.82) is 0 Å². The van der Waals surface area contributed by atoms with Gasteiger partial charge < -0.3 is 0 Å². The summed E-state index contributed by atoms with van der Waals surface area (Å²) >= 11 is 2.63. The van der Waals surface area contributed by atoms with E-state index in [1.54, 1.807) is 55.3 Å². The average molecular weight is 518 g/mol. The molecule has 0 aliphatic carbocycles. The van der Waals surface area contributed by atoms with Gasteiger partial charge in [-0.05, 0) is 95.9 Å². The highest BCUT2D eigenvalue weighted by molar-refractivity contribution is 14.1. The number of hydrogen-bond donors (Lipinski definition) is 0. The molecule has 30 heavy (non-hydrogen) atoms. The fourth-order valence-corrected chi connectivity index (χ4v) is 7.30. The van der Waals surface area contributed by atoms with Gasteiger partial charge in [-0.2, -0.15) is 0 Å². The molecule has 0 saturated carbocycles. The van der Waals surface area contributed by atoms with E-state index >= 15 is 0 Å². The molecule has 3 rings (SSSR count). The van der Waals surface area contributed by atoms with E-state index in [0.29, 0.717) is 0 Å². The predicted octanol–water partition coefficient (Wildman–Crippen LogP) is 8.49. The molecular weight excluding hydrogens is 477 g/mol. The minimum Gasteiger partial charge on any atom is -0.281 e. The van der Waals surface area contributed by atoms with Gasteiger partial charge in [0.05, 0.1) is 33.9 Å². The third-order valence-electron chi connectivity index (χ3n) is 7.31. The second-order valence-electron chi connectivity index (χ2n) is 8.38. The van der Waals surface area contributed by atoms with Gasteiger partial charge >= 0.3 is 0 Å². The molecule has 1 nitrogen and oxygen atoms in total. The summed E-state index contributed by atoms with van der Waals surface area (Å²) in [5.74, 6) is 0. The van der Waals surface area contributed by atoms with Crippen molar-refractivity contribution < 1.29 is 0 Å². The van der Waals surface area contributed by atoms with Crippen LogP contribution >= 0.6 is 22.9 Å². The lowest BCUT2D eigenvalue weighted by molar-refractivity contribution is 0.958. The van der Waals surface area contributed by atoms with Crippen molar-refractivity contribution in [2.24, 2.45) is 0 Å². The second kappa shape index (κ2) is 9.63. The molecule has 1 heterocycles. The fourth-order valence-electron chi connectivity index (χ4n) is 6.24. The maximum Gasteiger partial charge on any atom is 0.0646 e. The molecule has 1 aromatic heterocycles. The van der Waals surface area contributed by atoms with E-state index in [1.807, 2.05) is 0 Å². The van der Waals surface area contributed by atoms with Crippen molar-refractivity contribution in [3.8, 4) is 0 Å². The minimum atomic E-state index is 1.11. The van der Waals surface area contributed by atoms with Gasteiger partial charge in [0, 0.05) is 10.8 Å². The number of aryl methyl sites for hydroxylation is 4. The van der Waals surface area contributed by atoms with Crippen LogP contribution in [0, 0.1) is 0 Å². The molecule has 0 aliphatic rings. The van der Waals surface area contributed by atoms with E-state index in [2.05, 4.69) is 81.0 Å². The molecule has 2 heteroatoms. The van der Waals surface area contributed by atoms with Crippen LogP contribution in [0.1, 0.15) is 99.9 Å². The van der Waals surface area contributed by atoms with Crippen molar-refractivity contribution in [2.75, 3.05) is 0 Å². The fraction of sp³-hybridized carbons (Fsp3) is 0.571. The van der Waals surface area contributed by atoms with Gasteiger partial charge in [-0.25, -0.2) is 0 Å². The topological polar surface area (TPSA) is 4.93 Å². The quantitative estimate of drug-likeness (QED) is 0.264. The second-order valence-corrected chi connectivity index (χ2v) is 9.35. The van der Waals surface area contributed by atoms with Crippen LogP contribution < -0.4 is 0 Å². The summed E-state index contributed by atoms with van der Waals surface area (Å²) in [5, 5.41) is 3.16. The molecule has 0 fully saturated rings. The first-order valence-corrected chi connectivity index (χ1v) is 13.3. The molecule has 3 aromatic rings. The molecule has 0 aliphatic heterocycles. The zero-order chi connectivity index (χ0) is 22.2. The highest BCUT2D eigenvalue weighted by Crippen LogP contribution is 2.45. The molecule has 0 unspecified atom stereocenters. The van der Waals surface area contributed by atoms with Gasteiger partial charge in [0.25, 0.3) is 0 Å². The minimum absolute atomic E-state index is 1.11. The Kier molecular flexibility index (Phi) is 7.58. The van der Waals surface area contributed by atoms with Gasteiger partial charge in [0.2, 0.25) is 0 Å². The van der Waals surface area contributed by atoms with Crippen molar-refractivity contribution in [3.63, 3.8) is 0 Å². The highest BCUT2D eigenvalue weighted by atomic mass is 127. The maximum atomic E-state index is 2.63. The SMILES string of the molecule is CCc1c(CC)c(CC)c2c(c1CC)c1c(CC)c(CC)c(CC)c(CC)c1n2I. The highest BCUT2D eigenvalue weighted by Gasteiger charge is 2.27. The Morgan fingerprint density at radius 1 is 0.400 bits per heavy atom. The first kappa shape index (κ1) is 23.6. The molecule has 0 bridgehead atoms. The maximum absolute atomic E-state index is 2.63. The molecule has 0 saturated heterocycles. The third kappa shape index (κ3) is 3.24. The summed E-state index contributed by atoms with van der Waals surface area (Å²) in [6, 6.07) is 0. The number of nitrogens with zero attached hydrogens (tertiary/aromatic N) is 1. The molecular formula is C28H40IN. The van der Waals surface area contributed by atoms with Gasteiger partial charge in [-0.1, -0.05) is 55.4 Å². The predicted molar refractivity (Wildman–Crippen MR) is 144 cm³/mol. The van der Waals surface area contributed by atoms with Gasteiger partial charge in [0.15, 0.2) is 0 Å². The lowest BCUT2D eigenvalue weighted by atomic mass is 9.83. The number of rotatable bonds is 8. The number of aromatic nitrogens is 1. The van der Waals surface area contributed by atoms with Gasteiger partial charge in [-0.3, -0.25) is 2.78 Å². The summed E-state index contributed by atoms with van der Waals surface area (Å²) in [4.78, 5) is 0. The van der Waals surface area contributed by atoms with Crippen LogP contribution in [-0.2, 0) is 51.4 Å². The summed E-state index contributed by atoms with van der Waals surface area (Å²) in [5.41, 5.74) is 15.9. The largest absolute Gasteiger partial charge is 0.281 e. The van der Waals surface area contributed by atoms with E-state index in [0.717, 1.165) is 51.4 Å². The zero-order valence-electron chi connectivity index (χ0n) is 20.5. The standard InChI is InChI=1S/C28H40IN/c1-9-17-19(11-3)23(15-7)27-25(21(17)13-5)26-22(14-6)18(10-2)20(12-4)24(16-8)28(26)30(27)29/h9-16H2,1-8H3. The molecule has 0 N–H and O–H groups in total. The lowest BCUT2D eigenvalue weighted by Gasteiger charge is -2.20. The van der Waals surface area contributed by atoms with Gasteiger partial charge in [0.1, 0.15) is 0 Å². The lowest BCUT2D eigenvalue weighted by Crippen LogP contribution is -2.05. The van der Waals surface area contributed by atoms with Crippen molar-refractivity contribution in [1.82, 2.24) is 2.78 Å². The Morgan fingerprint density at radius 3 is 0.867 bits per heavy atom. The van der Waals surface area contributed by atoms with Crippen LogP contribution in [0.25, 0.3) is 21.8 Å². The van der Waals surface area contributed by atoms with Crippen LogP contribution in [0.2, 0.25) is 0 Å². The van der Waals surface area contributed by atoms with E-state index in [-0.39, 0.29) is 0 Å². The van der Waals surface area contributed by atoms with E-state index in [9.17, 15) is 0 Å². The van der Waals surface area contributed by atoms with Crippen LogP contribution in [0.4, 0.5) is 0 Å². The van der Waals surface area contributed by atoms with Crippen LogP contribution in [-0.4, -0.2) is 2.78 Å². The Labute approximate surface area is 198 Å². The summed E-state index contributed by atoms with van der Waals surface area (Å²) in [6.45, 7) is 18.8. The van der Waals surface area contributed by atoms with Gasteiger partial charge in [-0.15, -0.1) is 0 Å². The summed E-state index contributed by atoms with van der Waals surface area (Å²) in [6.07, 6.45) is 9.00. The van der Waals surface area contributed by atoms with E-state index < -0.39 is 0 Å². The van der Waals surface area contributed by atoms with E-state index in [4.69, 9.17) is 0 Å². The summed E-state index contributed by atoms with van der Waals surface area (Å²) in [7, 11) is 0. The number of benzene rings is 2. The van der Waals surface area contributed by atoms with Crippen LogP contribution in [0.15, 0.2) is 0 Å². The van der Waals surface area contributed by atoms with Crippen LogP contribution in [0.5, 0.6) is 0 Å². The Bertz CT molecular complexity index is 999. The Morgan fingerprint density at radius 2 is 0.633 bits per heavy atom. The monoisotopic (exact) mass is 517 g/mol. The Hall–Kier alpha value is -1.03. The van der Waals surface area contributed by atoms with Crippen LogP contribution in [0.3, 0.4) is 0 Å². The molecule has 0 amide bonds. The first-order chi connectivity index (χ1) is 14.5. The number of hydrogen-bond acceptors (Lipinski definition) is 0. The van der Waals surface area contributed by atoms with Crippen molar-refractivity contribution >= 4 is 44.7 Å². The molecule has 0 radical (unpaired) electrons. The number of fused-ring (bicyclic) bond motifs is 3. The molecule has 0 atom stereocenters. The smallest absolute Gasteiger partial charge is 0.0646 e. The van der Waals surface area contributed by atoms with Crippen molar-refractivity contribution in [3.05, 3.63) is 44.5 Å². The molecule has 0 spiro atoms. The summed E-state index contributed by atoms with van der Waals surface area (Å²) < 4.78 is 2.57.